The lowest BCUT2D eigenvalue weighted by molar-refractivity contribution is 0.0792. The molecule has 2 fully saturated rings. The molecule has 2 aliphatic rings. The molecule has 3 rings (SSSR count). The highest BCUT2D eigenvalue weighted by Crippen LogP contribution is 2.16. The van der Waals surface area contributed by atoms with Crippen LogP contribution in [0.5, 0.6) is 0 Å². The Hall–Kier alpha value is -1.44. The van der Waals surface area contributed by atoms with Crippen LogP contribution in [0, 0.1) is 0 Å². The van der Waals surface area contributed by atoms with E-state index >= 15 is 0 Å². The van der Waals surface area contributed by atoms with E-state index in [4.69, 9.17) is 4.74 Å². The summed E-state index contributed by atoms with van der Waals surface area (Å²) in [6.07, 6.45) is 2.75. The smallest absolute Gasteiger partial charge is 0.253 e. The van der Waals surface area contributed by atoms with E-state index in [1.807, 2.05) is 0 Å². The van der Waals surface area contributed by atoms with Gasteiger partial charge in [-0.2, -0.15) is 0 Å². The van der Waals surface area contributed by atoms with E-state index in [-0.39, 0.29) is 16.8 Å². The van der Waals surface area contributed by atoms with Crippen LogP contribution in [0.4, 0.5) is 0 Å². The fourth-order valence-corrected chi connectivity index (χ4v) is 4.05. The second-order valence-corrected chi connectivity index (χ2v) is 7.42. The number of carbonyl (C=O) groups excluding carboxylic acids is 1. The highest BCUT2D eigenvalue weighted by atomic mass is 32.2. The van der Waals surface area contributed by atoms with Gasteiger partial charge in [0.15, 0.2) is 0 Å². The normalized spacial score (nSPS) is 22.2. The monoisotopic (exact) mass is 324 g/mol. The molecule has 0 spiro atoms. The summed E-state index contributed by atoms with van der Waals surface area (Å²) in [4.78, 5) is 14.2. The molecule has 1 N–H and O–H groups in total. The zero-order chi connectivity index (χ0) is 15.6. The van der Waals surface area contributed by atoms with Gasteiger partial charge in [-0.3, -0.25) is 4.79 Å². The van der Waals surface area contributed by atoms with E-state index in [9.17, 15) is 13.2 Å². The lowest BCUT2D eigenvalue weighted by Gasteiger charge is -2.15. The molecular weight excluding hydrogens is 304 g/mol. The van der Waals surface area contributed by atoms with Crippen molar-refractivity contribution < 1.29 is 17.9 Å². The lowest BCUT2D eigenvalue weighted by Crippen LogP contribution is -2.35. The molecule has 0 aliphatic carbocycles. The third kappa shape index (κ3) is 3.31. The van der Waals surface area contributed by atoms with E-state index in [0.717, 1.165) is 25.9 Å². The summed E-state index contributed by atoms with van der Waals surface area (Å²) in [6, 6.07) is 5.97. The molecule has 2 saturated heterocycles. The number of hydrogen-bond donors (Lipinski definition) is 1. The van der Waals surface area contributed by atoms with Crippen molar-refractivity contribution in [3.63, 3.8) is 0 Å². The first-order valence-corrected chi connectivity index (χ1v) is 9.04. The van der Waals surface area contributed by atoms with Crippen LogP contribution in [0.1, 0.15) is 29.6 Å². The van der Waals surface area contributed by atoms with Gasteiger partial charge in [0.2, 0.25) is 10.0 Å². The number of hydrogen-bond acceptors (Lipinski definition) is 4. The Bertz CT molecular complexity index is 630. The minimum absolute atomic E-state index is 0.0291. The Labute approximate surface area is 130 Å². The largest absolute Gasteiger partial charge is 0.380 e. The van der Waals surface area contributed by atoms with Crippen molar-refractivity contribution >= 4 is 15.9 Å². The first kappa shape index (κ1) is 15.5. The average molecular weight is 324 g/mol. The van der Waals surface area contributed by atoms with Gasteiger partial charge in [0.1, 0.15) is 0 Å². The van der Waals surface area contributed by atoms with Gasteiger partial charge in [-0.15, -0.1) is 0 Å². The molecular formula is C15H20N2O4S. The third-order valence-corrected chi connectivity index (χ3v) is 5.59. The lowest BCUT2D eigenvalue weighted by atomic mass is 10.2. The van der Waals surface area contributed by atoms with E-state index in [1.165, 1.54) is 12.1 Å². The predicted molar refractivity (Wildman–Crippen MR) is 81.1 cm³/mol. The van der Waals surface area contributed by atoms with Crippen molar-refractivity contribution in [2.75, 3.05) is 26.3 Å². The van der Waals surface area contributed by atoms with Crippen LogP contribution < -0.4 is 4.72 Å². The Kier molecular flexibility index (Phi) is 4.46. The van der Waals surface area contributed by atoms with Crippen molar-refractivity contribution in [3.8, 4) is 0 Å². The molecule has 120 valence electrons. The predicted octanol–water partition coefficient (Wildman–Crippen LogP) is 0.990. The summed E-state index contributed by atoms with van der Waals surface area (Å²) < 4.78 is 32.3. The molecule has 2 heterocycles. The summed E-state index contributed by atoms with van der Waals surface area (Å²) in [5.41, 5.74) is 0.532. The molecule has 0 unspecified atom stereocenters. The Morgan fingerprint density at radius 2 is 1.86 bits per heavy atom. The summed E-state index contributed by atoms with van der Waals surface area (Å²) in [5, 5.41) is 0. The SMILES string of the molecule is O=C(c1ccc(S(=O)(=O)N[C@H]2CCOC2)cc1)N1CCCC1. The first-order chi connectivity index (χ1) is 10.6. The average Bonchev–Trinajstić information content (AvgIpc) is 3.19. The number of nitrogens with one attached hydrogen (secondary N) is 1. The minimum atomic E-state index is -3.56. The molecule has 1 aromatic carbocycles. The number of ether oxygens (including phenoxy) is 1. The van der Waals surface area contributed by atoms with Crippen molar-refractivity contribution in [3.05, 3.63) is 29.8 Å². The Balaban J connectivity index is 1.71. The summed E-state index contributed by atoms with van der Waals surface area (Å²) in [5.74, 6) is -0.0291. The molecule has 0 saturated carbocycles. The van der Waals surface area contributed by atoms with Crippen LogP contribution in [-0.2, 0) is 14.8 Å². The Morgan fingerprint density at radius 3 is 2.45 bits per heavy atom. The number of rotatable bonds is 4. The highest BCUT2D eigenvalue weighted by Gasteiger charge is 2.24. The van der Waals surface area contributed by atoms with E-state index in [0.29, 0.717) is 25.2 Å². The van der Waals surface area contributed by atoms with Crippen molar-refractivity contribution in [1.82, 2.24) is 9.62 Å². The van der Waals surface area contributed by atoms with Crippen LogP contribution in [-0.4, -0.2) is 51.6 Å². The van der Waals surface area contributed by atoms with Gasteiger partial charge >= 0.3 is 0 Å². The highest BCUT2D eigenvalue weighted by molar-refractivity contribution is 7.89. The van der Waals surface area contributed by atoms with Crippen LogP contribution in [0.25, 0.3) is 0 Å². The number of nitrogens with zero attached hydrogens (tertiary/aromatic N) is 1. The molecule has 0 radical (unpaired) electrons. The first-order valence-electron chi connectivity index (χ1n) is 7.56. The van der Waals surface area contributed by atoms with Gasteiger partial charge < -0.3 is 9.64 Å². The quantitative estimate of drug-likeness (QED) is 0.896. The van der Waals surface area contributed by atoms with Gasteiger partial charge in [0.25, 0.3) is 5.91 Å². The molecule has 7 heteroatoms. The van der Waals surface area contributed by atoms with Gasteiger partial charge in [0.05, 0.1) is 11.5 Å². The molecule has 1 atom stereocenters. The van der Waals surface area contributed by atoms with E-state index in [1.54, 1.807) is 17.0 Å². The zero-order valence-corrected chi connectivity index (χ0v) is 13.1. The molecule has 2 aliphatic heterocycles. The number of amides is 1. The van der Waals surface area contributed by atoms with Crippen LogP contribution in [0.3, 0.4) is 0 Å². The minimum Gasteiger partial charge on any atom is -0.380 e. The van der Waals surface area contributed by atoms with Gasteiger partial charge in [-0.05, 0) is 43.5 Å². The molecule has 22 heavy (non-hydrogen) atoms. The fraction of sp³-hybridized carbons (Fsp3) is 0.533. The second kappa shape index (κ2) is 6.36. The van der Waals surface area contributed by atoms with Crippen LogP contribution in [0.15, 0.2) is 29.2 Å². The number of likely N-dealkylation sites (tertiary alicyclic amines) is 1. The van der Waals surface area contributed by atoms with Crippen molar-refractivity contribution in [2.45, 2.75) is 30.2 Å². The topological polar surface area (TPSA) is 75.7 Å². The second-order valence-electron chi connectivity index (χ2n) is 5.71. The maximum absolute atomic E-state index is 12.3. The number of carbonyl (C=O) groups is 1. The molecule has 6 nitrogen and oxygen atoms in total. The van der Waals surface area contributed by atoms with E-state index in [2.05, 4.69) is 4.72 Å². The zero-order valence-electron chi connectivity index (χ0n) is 12.3. The van der Waals surface area contributed by atoms with Crippen molar-refractivity contribution in [1.29, 1.82) is 0 Å². The van der Waals surface area contributed by atoms with Gasteiger partial charge in [0, 0.05) is 31.3 Å². The van der Waals surface area contributed by atoms with Gasteiger partial charge in [-0.25, -0.2) is 13.1 Å². The van der Waals surface area contributed by atoms with Gasteiger partial charge in [-0.1, -0.05) is 0 Å². The summed E-state index contributed by atoms with van der Waals surface area (Å²) in [7, 11) is -3.56. The van der Waals surface area contributed by atoms with Crippen LogP contribution in [0.2, 0.25) is 0 Å². The Morgan fingerprint density at radius 1 is 1.18 bits per heavy atom. The number of benzene rings is 1. The fourth-order valence-electron chi connectivity index (χ4n) is 2.79. The van der Waals surface area contributed by atoms with Crippen molar-refractivity contribution in [2.24, 2.45) is 0 Å². The summed E-state index contributed by atoms with van der Waals surface area (Å²) >= 11 is 0. The third-order valence-electron chi connectivity index (χ3n) is 4.06. The molecule has 0 aromatic heterocycles. The standard InChI is InChI=1S/C15H20N2O4S/c18-15(17-8-1-2-9-17)12-3-5-14(6-4-12)22(19,20)16-13-7-10-21-11-13/h3-6,13,16H,1-2,7-11H2/t13-/m0/s1. The maximum atomic E-state index is 12.3. The van der Waals surface area contributed by atoms with Crippen LogP contribution >= 0.6 is 0 Å². The number of sulfonamides is 1. The molecule has 1 aromatic rings. The summed E-state index contributed by atoms with van der Waals surface area (Å²) in [6.45, 7) is 2.55. The van der Waals surface area contributed by atoms with E-state index < -0.39 is 10.0 Å². The molecule has 0 bridgehead atoms. The molecule has 1 amide bonds. The maximum Gasteiger partial charge on any atom is 0.253 e.